The number of nitrogens with zero attached hydrogens (tertiary/aromatic N) is 5. The molecule has 0 saturated carbocycles. The molecule has 0 aliphatic carbocycles. The molecule has 3 rings (SSSR count). The molecule has 2 aliphatic rings. The Kier molecular flexibility index (Phi) is 8.94. The van der Waals surface area contributed by atoms with E-state index < -0.39 is 0 Å². The molecule has 142 valence electrons. The number of rotatable bonds is 5. The minimum absolute atomic E-state index is 0. The summed E-state index contributed by atoms with van der Waals surface area (Å²) in [5, 5.41) is 15.5. The van der Waals surface area contributed by atoms with Crippen LogP contribution in [0.1, 0.15) is 50.2 Å². The topological polar surface area (TPSA) is 70.4 Å². The van der Waals surface area contributed by atoms with Crippen LogP contribution < -0.4 is 10.6 Å². The Labute approximate surface area is 168 Å². The van der Waals surface area contributed by atoms with Crippen molar-refractivity contribution in [2.75, 3.05) is 33.2 Å². The summed E-state index contributed by atoms with van der Waals surface area (Å²) in [7, 11) is 1.82. The van der Waals surface area contributed by atoms with Gasteiger partial charge in [0.1, 0.15) is 5.82 Å². The van der Waals surface area contributed by atoms with Crippen molar-refractivity contribution >= 4 is 29.9 Å². The molecule has 0 aromatic carbocycles. The van der Waals surface area contributed by atoms with Crippen LogP contribution in [0.4, 0.5) is 0 Å². The second kappa shape index (κ2) is 10.9. The predicted octanol–water partition coefficient (Wildman–Crippen LogP) is 1.77. The molecular weight excluding hydrogens is 429 g/mol. The first-order valence-corrected chi connectivity index (χ1v) is 9.44. The molecule has 2 aliphatic heterocycles. The van der Waals surface area contributed by atoms with Gasteiger partial charge in [-0.2, -0.15) is 0 Å². The number of piperidine rings is 1. The molecule has 7 nitrogen and oxygen atoms in total. The van der Waals surface area contributed by atoms with Gasteiger partial charge in [-0.15, -0.1) is 34.2 Å². The van der Waals surface area contributed by atoms with Crippen LogP contribution in [-0.4, -0.2) is 58.9 Å². The second-order valence-corrected chi connectivity index (χ2v) is 6.75. The fraction of sp³-hybridized carbons (Fsp3) is 0.824. The van der Waals surface area contributed by atoms with Crippen LogP contribution in [0.2, 0.25) is 0 Å². The molecule has 0 spiro atoms. The highest BCUT2D eigenvalue weighted by Crippen LogP contribution is 2.14. The van der Waals surface area contributed by atoms with Crippen molar-refractivity contribution in [1.29, 1.82) is 0 Å². The first kappa shape index (κ1) is 20.4. The first-order valence-electron chi connectivity index (χ1n) is 9.44. The lowest BCUT2D eigenvalue weighted by atomic mass is 10.1. The minimum atomic E-state index is 0. The maximum Gasteiger partial charge on any atom is 0.191 e. The second-order valence-electron chi connectivity index (χ2n) is 6.75. The molecule has 0 amide bonds. The van der Waals surface area contributed by atoms with Crippen molar-refractivity contribution in [2.24, 2.45) is 4.99 Å². The summed E-state index contributed by atoms with van der Waals surface area (Å²) in [4.78, 5) is 6.85. The lowest BCUT2D eigenvalue weighted by Gasteiger charge is -2.26. The third kappa shape index (κ3) is 6.09. The van der Waals surface area contributed by atoms with Gasteiger partial charge in [-0.25, -0.2) is 0 Å². The van der Waals surface area contributed by atoms with Crippen LogP contribution >= 0.6 is 24.0 Å². The van der Waals surface area contributed by atoms with Crippen LogP contribution in [0.15, 0.2) is 4.99 Å². The molecular formula is C17H32IN7. The van der Waals surface area contributed by atoms with E-state index >= 15 is 0 Å². The largest absolute Gasteiger partial charge is 0.355 e. The van der Waals surface area contributed by atoms with E-state index in [1.165, 1.54) is 51.6 Å². The third-order valence-electron chi connectivity index (χ3n) is 4.99. The molecule has 0 radical (unpaired) electrons. The van der Waals surface area contributed by atoms with Gasteiger partial charge in [0.25, 0.3) is 0 Å². The quantitative estimate of drug-likeness (QED) is 0.398. The Morgan fingerprint density at radius 1 is 1.00 bits per heavy atom. The first-order chi connectivity index (χ1) is 11.9. The van der Waals surface area contributed by atoms with Crippen molar-refractivity contribution in [1.82, 2.24) is 30.3 Å². The summed E-state index contributed by atoms with van der Waals surface area (Å²) < 4.78 is 2.28. The van der Waals surface area contributed by atoms with Gasteiger partial charge >= 0.3 is 0 Å². The van der Waals surface area contributed by atoms with Gasteiger partial charge in [0.2, 0.25) is 0 Å². The zero-order chi connectivity index (χ0) is 16.6. The minimum Gasteiger partial charge on any atom is -0.355 e. The van der Waals surface area contributed by atoms with E-state index in [1.54, 1.807) is 0 Å². The Morgan fingerprint density at radius 2 is 1.76 bits per heavy atom. The fourth-order valence-corrected chi connectivity index (χ4v) is 3.57. The van der Waals surface area contributed by atoms with Crippen LogP contribution in [0.3, 0.4) is 0 Å². The van der Waals surface area contributed by atoms with Gasteiger partial charge in [0.15, 0.2) is 11.8 Å². The number of guanidine groups is 1. The molecule has 1 aromatic rings. The Hall–Kier alpha value is -0.900. The summed E-state index contributed by atoms with van der Waals surface area (Å²) in [6.45, 7) is 6.20. The normalized spacial score (nSPS) is 18.8. The van der Waals surface area contributed by atoms with Crippen LogP contribution in [0, 0.1) is 0 Å². The van der Waals surface area contributed by atoms with E-state index in [0.29, 0.717) is 6.54 Å². The summed E-state index contributed by atoms with van der Waals surface area (Å²) >= 11 is 0. The third-order valence-corrected chi connectivity index (χ3v) is 4.99. The molecule has 0 unspecified atom stereocenters. The summed E-state index contributed by atoms with van der Waals surface area (Å²) in [5.74, 6) is 3.00. The number of nitrogens with one attached hydrogen (secondary N) is 2. The molecule has 2 N–H and O–H groups in total. The summed E-state index contributed by atoms with van der Waals surface area (Å²) in [5.41, 5.74) is 0. The standard InChI is InChI=1S/C17H31N7.HI/c1-18-17(19-9-13-23-10-5-3-6-11-23)20-14-16-22-21-15-8-4-2-7-12-24(15)16;/h2-14H2,1H3,(H2,18,19,20);1H. The number of hydrogen-bond donors (Lipinski definition) is 2. The zero-order valence-corrected chi connectivity index (χ0v) is 17.7. The van der Waals surface area contributed by atoms with Crippen molar-refractivity contribution in [3.8, 4) is 0 Å². The van der Waals surface area contributed by atoms with Gasteiger partial charge in [-0.05, 0) is 38.8 Å². The Morgan fingerprint density at radius 3 is 2.56 bits per heavy atom. The molecule has 0 atom stereocenters. The van der Waals surface area contributed by atoms with Gasteiger partial charge in [0.05, 0.1) is 6.54 Å². The van der Waals surface area contributed by atoms with E-state index in [2.05, 4.69) is 35.3 Å². The van der Waals surface area contributed by atoms with E-state index in [0.717, 1.165) is 43.7 Å². The predicted molar refractivity (Wildman–Crippen MR) is 111 cm³/mol. The number of aromatic nitrogens is 3. The highest BCUT2D eigenvalue weighted by molar-refractivity contribution is 14.0. The van der Waals surface area contributed by atoms with Crippen molar-refractivity contribution < 1.29 is 0 Å². The number of fused-ring (bicyclic) bond motifs is 1. The average molecular weight is 461 g/mol. The molecule has 0 bridgehead atoms. The smallest absolute Gasteiger partial charge is 0.191 e. The molecule has 25 heavy (non-hydrogen) atoms. The molecule has 8 heteroatoms. The fourth-order valence-electron chi connectivity index (χ4n) is 3.57. The van der Waals surface area contributed by atoms with Gasteiger partial charge in [0, 0.05) is 33.1 Å². The van der Waals surface area contributed by atoms with Crippen LogP contribution in [0.25, 0.3) is 0 Å². The average Bonchev–Trinajstić information content (AvgIpc) is 2.85. The Balaban J connectivity index is 0.00000225. The van der Waals surface area contributed by atoms with Crippen LogP contribution in [0.5, 0.6) is 0 Å². The highest BCUT2D eigenvalue weighted by atomic mass is 127. The van der Waals surface area contributed by atoms with E-state index in [4.69, 9.17) is 0 Å². The van der Waals surface area contributed by atoms with E-state index in [-0.39, 0.29) is 24.0 Å². The van der Waals surface area contributed by atoms with Crippen molar-refractivity contribution in [2.45, 2.75) is 58.0 Å². The van der Waals surface area contributed by atoms with Crippen LogP contribution in [-0.2, 0) is 19.5 Å². The van der Waals surface area contributed by atoms with E-state index in [1.807, 2.05) is 7.05 Å². The monoisotopic (exact) mass is 461 g/mol. The summed E-state index contributed by atoms with van der Waals surface area (Å²) in [6, 6.07) is 0. The number of halogens is 1. The number of hydrogen-bond acceptors (Lipinski definition) is 4. The maximum absolute atomic E-state index is 4.36. The van der Waals surface area contributed by atoms with Crippen molar-refractivity contribution in [3.63, 3.8) is 0 Å². The molecule has 1 fully saturated rings. The number of aliphatic imine (C=N–C) groups is 1. The molecule has 1 saturated heterocycles. The van der Waals surface area contributed by atoms with Gasteiger partial charge in [-0.3, -0.25) is 4.99 Å². The number of likely N-dealkylation sites (tertiary alicyclic amines) is 1. The molecule has 1 aromatic heterocycles. The summed E-state index contributed by atoms with van der Waals surface area (Å²) in [6.07, 6.45) is 8.85. The number of aryl methyl sites for hydroxylation is 1. The highest BCUT2D eigenvalue weighted by Gasteiger charge is 2.15. The lowest BCUT2D eigenvalue weighted by molar-refractivity contribution is 0.232. The molecule has 3 heterocycles. The van der Waals surface area contributed by atoms with Gasteiger partial charge < -0.3 is 20.1 Å². The Bertz CT molecular complexity index is 537. The van der Waals surface area contributed by atoms with Crippen molar-refractivity contribution in [3.05, 3.63) is 11.6 Å². The SMILES string of the molecule is CN=C(NCCN1CCCCC1)NCc1nnc2n1CCCCC2.I. The maximum atomic E-state index is 4.36. The lowest BCUT2D eigenvalue weighted by Crippen LogP contribution is -2.42. The zero-order valence-electron chi connectivity index (χ0n) is 15.3. The van der Waals surface area contributed by atoms with Gasteiger partial charge in [-0.1, -0.05) is 12.8 Å². The van der Waals surface area contributed by atoms with E-state index in [9.17, 15) is 0 Å².